The summed E-state index contributed by atoms with van der Waals surface area (Å²) in [6.07, 6.45) is -0.136. The van der Waals surface area contributed by atoms with Gasteiger partial charge in [0.25, 0.3) is 0 Å². The summed E-state index contributed by atoms with van der Waals surface area (Å²) in [5.74, 6) is 0.672. The summed E-state index contributed by atoms with van der Waals surface area (Å²) in [6.45, 7) is -0.412. The third-order valence-corrected chi connectivity index (χ3v) is 2.49. The molecule has 1 N–H and O–H groups in total. The van der Waals surface area contributed by atoms with E-state index in [1.807, 2.05) is 6.08 Å². The molecule has 0 spiro atoms. The van der Waals surface area contributed by atoms with Crippen LogP contribution >= 0.6 is 12.6 Å². The molecule has 1 aromatic rings. The lowest BCUT2D eigenvalue weighted by Crippen LogP contribution is -2.06. The zero-order valence-corrected chi connectivity index (χ0v) is 9.93. The third kappa shape index (κ3) is 4.09. The van der Waals surface area contributed by atoms with Crippen molar-refractivity contribution in [3.05, 3.63) is 41.0 Å². The maximum Gasteiger partial charge on any atom is 0.416 e. The summed E-state index contributed by atoms with van der Waals surface area (Å²) < 4.78 is 37.3. The molecule has 0 saturated carbocycles. The molecule has 0 aliphatic carbocycles. The van der Waals surface area contributed by atoms with E-state index >= 15 is 0 Å². The normalized spacial score (nSPS) is 12.3. The third-order valence-electron chi connectivity index (χ3n) is 2.23. The first-order valence-corrected chi connectivity index (χ1v) is 5.70. The number of halogens is 3. The van der Waals surface area contributed by atoms with Crippen molar-refractivity contribution in [1.82, 2.24) is 0 Å². The van der Waals surface area contributed by atoms with Gasteiger partial charge in [-0.1, -0.05) is 18.2 Å². The van der Waals surface area contributed by atoms with E-state index in [0.717, 1.165) is 18.6 Å². The second kappa shape index (κ2) is 6.12. The van der Waals surface area contributed by atoms with Gasteiger partial charge in [-0.05, 0) is 35.4 Å². The largest absolute Gasteiger partial charge is 0.416 e. The van der Waals surface area contributed by atoms with Gasteiger partial charge in [-0.3, -0.25) is 0 Å². The van der Waals surface area contributed by atoms with Crippen LogP contribution in [0.3, 0.4) is 0 Å². The van der Waals surface area contributed by atoms with Crippen molar-refractivity contribution in [1.29, 1.82) is 0 Å². The molecule has 0 fully saturated rings. The van der Waals surface area contributed by atoms with Crippen LogP contribution in [0.4, 0.5) is 13.2 Å². The maximum atomic E-state index is 12.4. The highest BCUT2D eigenvalue weighted by molar-refractivity contribution is 7.80. The van der Waals surface area contributed by atoms with Crippen LogP contribution in [0, 0.1) is 0 Å². The van der Waals surface area contributed by atoms with Gasteiger partial charge in [-0.25, -0.2) is 0 Å². The Morgan fingerprint density at radius 1 is 1.29 bits per heavy atom. The zero-order chi connectivity index (χ0) is 12.9. The number of rotatable bonds is 4. The Balaban J connectivity index is 3.01. The second-order valence-electron chi connectivity index (χ2n) is 3.48. The predicted molar refractivity (Wildman–Crippen MR) is 64.9 cm³/mol. The van der Waals surface area contributed by atoms with E-state index in [9.17, 15) is 13.2 Å². The summed E-state index contributed by atoms with van der Waals surface area (Å²) in [4.78, 5) is 0. The second-order valence-corrected chi connectivity index (χ2v) is 3.93. The average molecular weight is 262 g/mol. The van der Waals surface area contributed by atoms with Crippen molar-refractivity contribution in [3.63, 3.8) is 0 Å². The van der Waals surface area contributed by atoms with Crippen LogP contribution in [0.15, 0.2) is 24.3 Å². The monoisotopic (exact) mass is 262 g/mol. The highest BCUT2D eigenvalue weighted by Gasteiger charge is 2.30. The van der Waals surface area contributed by atoms with E-state index in [2.05, 4.69) is 12.6 Å². The first-order valence-electron chi connectivity index (χ1n) is 5.07. The molecule has 1 rings (SSSR count). The van der Waals surface area contributed by atoms with Gasteiger partial charge in [0.1, 0.15) is 0 Å². The van der Waals surface area contributed by atoms with Crippen LogP contribution in [-0.2, 0) is 12.8 Å². The Bertz CT molecular complexity index is 399. The number of hydrogen-bond acceptors (Lipinski definition) is 2. The van der Waals surface area contributed by atoms with Crippen molar-refractivity contribution in [2.24, 2.45) is 0 Å². The molecule has 1 aromatic carbocycles. The van der Waals surface area contributed by atoms with Gasteiger partial charge in [0.2, 0.25) is 0 Å². The lowest BCUT2D eigenvalue weighted by molar-refractivity contribution is -0.137. The summed E-state index contributed by atoms with van der Waals surface area (Å²) in [5.41, 5.74) is 0.130. The Kier molecular flexibility index (Phi) is 5.08. The molecular formula is C12H13F3OS. The summed E-state index contributed by atoms with van der Waals surface area (Å²) in [5, 5.41) is 9.05. The number of aliphatic hydroxyl groups is 1. The molecule has 0 radical (unpaired) electrons. The fraction of sp³-hybridized carbons (Fsp3) is 0.333. The predicted octanol–water partition coefficient (Wildman–Crippen LogP) is 3.53. The lowest BCUT2D eigenvalue weighted by Gasteiger charge is -2.10. The smallest absolute Gasteiger partial charge is 0.392 e. The van der Waals surface area contributed by atoms with Crippen molar-refractivity contribution in [2.45, 2.75) is 19.2 Å². The molecule has 0 atom stereocenters. The highest BCUT2D eigenvalue weighted by Crippen LogP contribution is 2.30. The van der Waals surface area contributed by atoms with Crippen molar-refractivity contribution < 1.29 is 18.3 Å². The zero-order valence-electron chi connectivity index (χ0n) is 9.04. The van der Waals surface area contributed by atoms with Crippen molar-refractivity contribution in [3.8, 4) is 0 Å². The minimum atomic E-state index is -4.38. The molecule has 0 aliphatic heterocycles. The van der Waals surface area contributed by atoms with E-state index in [1.54, 1.807) is 6.08 Å². The van der Waals surface area contributed by atoms with Crippen LogP contribution in [-0.4, -0.2) is 10.9 Å². The van der Waals surface area contributed by atoms with Crippen LogP contribution < -0.4 is 0 Å². The standard InChI is InChI=1S/C12H13F3OS/c13-12(14,15)11-5-4-9(3-1-2-6-17)10(7-11)8-16/h1,3-5,7,16-17H,2,6,8H2. The molecule has 0 bridgehead atoms. The molecule has 0 aromatic heterocycles. The molecule has 0 heterocycles. The average Bonchev–Trinajstić information content (AvgIpc) is 2.28. The summed E-state index contributed by atoms with van der Waals surface area (Å²) in [7, 11) is 0. The molecule has 0 aliphatic rings. The van der Waals surface area contributed by atoms with Crippen LogP contribution in [0.1, 0.15) is 23.1 Å². The van der Waals surface area contributed by atoms with E-state index in [-0.39, 0.29) is 5.56 Å². The maximum absolute atomic E-state index is 12.4. The first kappa shape index (κ1) is 14.1. The highest BCUT2D eigenvalue weighted by atomic mass is 32.1. The number of alkyl halides is 3. The van der Waals surface area contributed by atoms with Crippen molar-refractivity contribution in [2.75, 3.05) is 5.75 Å². The van der Waals surface area contributed by atoms with E-state index in [0.29, 0.717) is 11.3 Å². The van der Waals surface area contributed by atoms with Gasteiger partial charge < -0.3 is 5.11 Å². The SMILES string of the molecule is OCc1cc(C(F)(F)F)ccc1C=CCCS. The van der Waals surface area contributed by atoms with Gasteiger partial charge in [0.05, 0.1) is 12.2 Å². The minimum Gasteiger partial charge on any atom is -0.392 e. The Morgan fingerprint density at radius 3 is 2.53 bits per heavy atom. The van der Waals surface area contributed by atoms with Crippen molar-refractivity contribution >= 4 is 18.7 Å². The topological polar surface area (TPSA) is 20.2 Å². The molecule has 94 valence electrons. The van der Waals surface area contributed by atoms with E-state index < -0.39 is 18.3 Å². The minimum absolute atomic E-state index is 0.273. The van der Waals surface area contributed by atoms with Gasteiger partial charge in [0, 0.05) is 0 Å². The van der Waals surface area contributed by atoms with Crippen LogP contribution in [0.2, 0.25) is 0 Å². The molecule has 17 heavy (non-hydrogen) atoms. The lowest BCUT2D eigenvalue weighted by atomic mass is 10.0. The fourth-order valence-electron chi connectivity index (χ4n) is 1.37. The molecule has 0 saturated heterocycles. The van der Waals surface area contributed by atoms with Gasteiger partial charge in [-0.2, -0.15) is 25.8 Å². The molecule has 0 amide bonds. The van der Waals surface area contributed by atoms with E-state index in [4.69, 9.17) is 5.11 Å². The Hall–Kier alpha value is -0.940. The van der Waals surface area contributed by atoms with Gasteiger partial charge in [-0.15, -0.1) is 0 Å². The number of allylic oxidation sites excluding steroid dienone is 1. The molecule has 5 heteroatoms. The van der Waals surface area contributed by atoms with Crippen LogP contribution in [0.25, 0.3) is 6.08 Å². The number of thiol groups is 1. The van der Waals surface area contributed by atoms with E-state index in [1.165, 1.54) is 6.07 Å². The van der Waals surface area contributed by atoms with Gasteiger partial charge in [0.15, 0.2) is 0 Å². The molecule has 1 nitrogen and oxygen atoms in total. The van der Waals surface area contributed by atoms with Gasteiger partial charge >= 0.3 is 6.18 Å². The summed E-state index contributed by atoms with van der Waals surface area (Å²) >= 11 is 4.02. The quantitative estimate of drug-likeness (QED) is 0.795. The first-order chi connectivity index (χ1) is 7.99. The number of benzene rings is 1. The number of hydrogen-bond donors (Lipinski definition) is 2. The Labute approximate surface area is 103 Å². The fourth-order valence-corrected chi connectivity index (χ4v) is 1.52. The molecule has 0 unspecified atom stereocenters. The summed E-state index contributed by atoms with van der Waals surface area (Å²) in [6, 6.07) is 3.35. The number of aliphatic hydroxyl groups excluding tert-OH is 1. The molecular weight excluding hydrogens is 249 g/mol. The van der Waals surface area contributed by atoms with Crippen LogP contribution in [0.5, 0.6) is 0 Å². The Morgan fingerprint density at radius 2 is 2.00 bits per heavy atom.